The van der Waals surface area contributed by atoms with E-state index in [1.54, 1.807) is 0 Å². The Labute approximate surface area is 157 Å². The third-order valence-electron chi connectivity index (χ3n) is 5.52. The first-order valence-electron chi connectivity index (χ1n) is 9.44. The Hall–Kier alpha value is -2.71. The monoisotopic (exact) mass is 376 g/mol. The summed E-state index contributed by atoms with van der Waals surface area (Å²) in [4.78, 5) is 35.2. The molecule has 1 amide bonds. The third kappa shape index (κ3) is 4.53. The largest absolute Gasteiger partial charge is 0.366 e. The van der Waals surface area contributed by atoms with E-state index in [2.05, 4.69) is 5.32 Å². The molecule has 1 aromatic carbocycles. The number of carbonyl (C=O) groups excluding carboxylic acids is 1. The van der Waals surface area contributed by atoms with Gasteiger partial charge >= 0.3 is 0 Å². The topological polar surface area (TPSA) is 119 Å². The molecule has 0 radical (unpaired) electrons. The molecule has 1 saturated carbocycles. The molecule has 0 aromatic heterocycles. The van der Waals surface area contributed by atoms with Gasteiger partial charge in [0.05, 0.1) is 15.9 Å². The van der Waals surface area contributed by atoms with Gasteiger partial charge in [-0.2, -0.15) is 0 Å². The van der Waals surface area contributed by atoms with Gasteiger partial charge in [0, 0.05) is 31.1 Å². The van der Waals surface area contributed by atoms with Crippen LogP contribution in [0.2, 0.25) is 0 Å². The number of nitrogens with zero attached hydrogens (tertiary/aromatic N) is 3. The predicted octanol–water partition coefficient (Wildman–Crippen LogP) is 3.17. The molecule has 1 N–H and O–H groups in total. The molecule has 2 aliphatic rings. The zero-order valence-electron chi connectivity index (χ0n) is 15.1. The fraction of sp³-hybridized carbons (Fsp3) is 0.611. The summed E-state index contributed by atoms with van der Waals surface area (Å²) >= 11 is 0. The smallest absolute Gasteiger partial charge is 0.299 e. The number of anilines is 1. The van der Waals surface area contributed by atoms with E-state index >= 15 is 0 Å². The highest BCUT2D eigenvalue weighted by atomic mass is 16.6. The minimum absolute atomic E-state index is 0.0766. The number of piperidine rings is 1. The van der Waals surface area contributed by atoms with Crippen molar-refractivity contribution in [2.24, 2.45) is 5.92 Å². The number of rotatable bonds is 5. The molecule has 1 heterocycles. The summed E-state index contributed by atoms with van der Waals surface area (Å²) in [5, 5.41) is 25.3. The Morgan fingerprint density at radius 3 is 2.26 bits per heavy atom. The number of nitro benzene ring substituents is 2. The molecule has 1 aromatic rings. The molecule has 0 spiro atoms. The maximum absolute atomic E-state index is 12.4. The lowest BCUT2D eigenvalue weighted by atomic mass is 9.88. The van der Waals surface area contributed by atoms with Crippen LogP contribution in [-0.2, 0) is 4.79 Å². The van der Waals surface area contributed by atoms with E-state index in [4.69, 9.17) is 0 Å². The van der Waals surface area contributed by atoms with Crippen molar-refractivity contribution < 1.29 is 14.6 Å². The van der Waals surface area contributed by atoms with Gasteiger partial charge in [-0.15, -0.1) is 0 Å². The molecule has 1 aliphatic heterocycles. The van der Waals surface area contributed by atoms with Gasteiger partial charge in [0.2, 0.25) is 5.91 Å². The van der Waals surface area contributed by atoms with Crippen LogP contribution in [0.5, 0.6) is 0 Å². The van der Waals surface area contributed by atoms with Gasteiger partial charge in [0.25, 0.3) is 11.4 Å². The van der Waals surface area contributed by atoms with E-state index in [9.17, 15) is 25.0 Å². The van der Waals surface area contributed by atoms with Crippen LogP contribution in [0.3, 0.4) is 0 Å². The maximum Gasteiger partial charge on any atom is 0.299 e. The second kappa shape index (κ2) is 8.32. The van der Waals surface area contributed by atoms with Crippen LogP contribution in [0.15, 0.2) is 18.2 Å². The second-order valence-corrected chi connectivity index (χ2v) is 7.29. The summed E-state index contributed by atoms with van der Waals surface area (Å²) in [6.45, 7) is 1.13. The van der Waals surface area contributed by atoms with Crippen molar-refractivity contribution in [2.45, 2.75) is 51.0 Å². The molecule has 27 heavy (non-hydrogen) atoms. The summed E-state index contributed by atoms with van der Waals surface area (Å²) in [6, 6.07) is 3.82. The van der Waals surface area contributed by atoms with E-state index in [-0.39, 0.29) is 29.2 Å². The minimum atomic E-state index is -0.635. The predicted molar refractivity (Wildman–Crippen MR) is 99.7 cm³/mol. The average molecular weight is 376 g/mol. The van der Waals surface area contributed by atoms with Crippen molar-refractivity contribution in [1.82, 2.24) is 5.32 Å². The van der Waals surface area contributed by atoms with Gasteiger partial charge in [0.15, 0.2) is 0 Å². The molecular weight excluding hydrogens is 352 g/mol. The number of carbonyl (C=O) groups is 1. The van der Waals surface area contributed by atoms with E-state index in [1.165, 1.54) is 18.6 Å². The van der Waals surface area contributed by atoms with E-state index < -0.39 is 9.85 Å². The average Bonchev–Trinajstić information content (AvgIpc) is 2.68. The van der Waals surface area contributed by atoms with Crippen LogP contribution in [0.1, 0.15) is 44.9 Å². The highest BCUT2D eigenvalue weighted by molar-refractivity contribution is 5.79. The van der Waals surface area contributed by atoms with Gasteiger partial charge in [-0.25, -0.2) is 0 Å². The van der Waals surface area contributed by atoms with E-state index in [1.807, 2.05) is 4.90 Å². The summed E-state index contributed by atoms with van der Waals surface area (Å²) < 4.78 is 0. The van der Waals surface area contributed by atoms with Crippen molar-refractivity contribution in [3.8, 4) is 0 Å². The summed E-state index contributed by atoms with van der Waals surface area (Å²) in [5.41, 5.74) is -0.156. The lowest BCUT2D eigenvalue weighted by Gasteiger charge is -2.34. The molecule has 1 saturated heterocycles. The fourth-order valence-electron chi connectivity index (χ4n) is 3.99. The summed E-state index contributed by atoms with van der Waals surface area (Å²) in [5.74, 6) is 0.252. The van der Waals surface area contributed by atoms with Gasteiger partial charge in [0.1, 0.15) is 5.69 Å². The van der Waals surface area contributed by atoms with Crippen LogP contribution >= 0.6 is 0 Å². The molecule has 146 valence electrons. The van der Waals surface area contributed by atoms with E-state index in [0.717, 1.165) is 31.7 Å². The lowest BCUT2D eigenvalue weighted by molar-refractivity contribution is -0.393. The van der Waals surface area contributed by atoms with E-state index in [0.29, 0.717) is 31.6 Å². The van der Waals surface area contributed by atoms with Crippen molar-refractivity contribution in [3.63, 3.8) is 0 Å². The Morgan fingerprint density at radius 2 is 1.67 bits per heavy atom. The normalized spacial score (nSPS) is 18.9. The van der Waals surface area contributed by atoms with Crippen LogP contribution in [0.25, 0.3) is 0 Å². The molecule has 9 heteroatoms. The maximum atomic E-state index is 12.4. The Balaban J connectivity index is 1.61. The summed E-state index contributed by atoms with van der Waals surface area (Å²) in [6.07, 6.45) is 6.75. The Kier molecular flexibility index (Phi) is 5.88. The van der Waals surface area contributed by atoms with Crippen LogP contribution in [0.4, 0.5) is 17.1 Å². The standard InChI is InChI=1S/C18H24N4O5/c23-18(13-4-2-1-3-5-13)19-14-8-10-20(11-9-14)16-7-6-15(21(24)25)12-17(16)22(26)27/h6-7,12-14H,1-5,8-11H2,(H,19,23). The molecular formula is C18H24N4O5. The van der Waals surface area contributed by atoms with Gasteiger partial charge in [-0.05, 0) is 31.7 Å². The number of amides is 1. The molecule has 2 fully saturated rings. The molecule has 3 rings (SSSR count). The minimum Gasteiger partial charge on any atom is -0.366 e. The number of nitrogens with one attached hydrogen (secondary N) is 1. The Morgan fingerprint density at radius 1 is 1.00 bits per heavy atom. The van der Waals surface area contributed by atoms with Gasteiger partial charge < -0.3 is 10.2 Å². The molecule has 0 bridgehead atoms. The molecule has 0 unspecified atom stereocenters. The SMILES string of the molecule is O=C(NC1CCN(c2ccc([N+](=O)[O-])cc2[N+](=O)[O-])CC1)C1CCCCC1. The van der Waals surface area contributed by atoms with Crippen molar-refractivity contribution in [2.75, 3.05) is 18.0 Å². The first-order valence-corrected chi connectivity index (χ1v) is 9.44. The first kappa shape index (κ1) is 19.1. The highest BCUT2D eigenvalue weighted by Gasteiger charge is 2.29. The van der Waals surface area contributed by atoms with Crippen molar-refractivity contribution in [1.29, 1.82) is 0 Å². The number of non-ortho nitro benzene ring substituents is 1. The van der Waals surface area contributed by atoms with Crippen molar-refractivity contribution >= 4 is 23.0 Å². The molecule has 9 nitrogen and oxygen atoms in total. The molecule has 1 aliphatic carbocycles. The fourth-order valence-corrected chi connectivity index (χ4v) is 3.99. The number of nitro groups is 2. The van der Waals surface area contributed by atoms with Crippen LogP contribution in [-0.4, -0.2) is 34.9 Å². The zero-order chi connectivity index (χ0) is 19.4. The van der Waals surface area contributed by atoms with Gasteiger partial charge in [-0.3, -0.25) is 25.0 Å². The van der Waals surface area contributed by atoms with Crippen molar-refractivity contribution in [3.05, 3.63) is 38.4 Å². The van der Waals surface area contributed by atoms with Crippen LogP contribution in [0, 0.1) is 26.1 Å². The first-order chi connectivity index (χ1) is 13.0. The third-order valence-corrected chi connectivity index (χ3v) is 5.52. The second-order valence-electron chi connectivity index (χ2n) is 7.29. The zero-order valence-corrected chi connectivity index (χ0v) is 15.1. The highest BCUT2D eigenvalue weighted by Crippen LogP contribution is 2.33. The van der Waals surface area contributed by atoms with Gasteiger partial charge in [-0.1, -0.05) is 19.3 Å². The summed E-state index contributed by atoms with van der Waals surface area (Å²) in [7, 11) is 0. The number of benzene rings is 1. The lowest BCUT2D eigenvalue weighted by Crippen LogP contribution is -2.46. The quantitative estimate of drug-likeness (QED) is 0.623. The number of hydrogen-bond donors (Lipinski definition) is 1. The molecule has 0 atom stereocenters. The number of hydrogen-bond acceptors (Lipinski definition) is 6. The Bertz CT molecular complexity index is 724. The van der Waals surface area contributed by atoms with Crippen LogP contribution < -0.4 is 10.2 Å².